The van der Waals surface area contributed by atoms with E-state index < -0.39 is 23.5 Å². The van der Waals surface area contributed by atoms with E-state index in [1.807, 2.05) is 0 Å². The van der Waals surface area contributed by atoms with Gasteiger partial charge in [-0.25, -0.2) is 17.6 Å². The molecule has 1 saturated carbocycles. The Bertz CT molecular complexity index is 1160. The van der Waals surface area contributed by atoms with Crippen LogP contribution in [0.4, 0.5) is 23.2 Å². The van der Waals surface area contributed by atoms with Gasteiger partial charge >= 0.3 is 0 Å². The van der Waals surface area contributed by atoms with E-state index in [9.17, 15) is 22.4 Å². The molecular weight excluding hydrogens is 424 g/mol. The molecule has 5 nitrogen and oxygen atoms in total. The molecule has 4 rings (SSSR count). The van der Waals surface area contributed by atoms with E-state index in [0.717, 1.165) is 18.2 Å². The van der Waals surface area contributed by atoms with Crippen LogP contribution in [-0.2, 0) is 7.05 Å². The fraction of sp³-hybridized carbons (Fsp3) is 0.348. The van der Waals surface area contributed by atoms with Gasteiger partial charge in [-0.15, -0.1) is 0 Å². The first-order chi connectivity index (χ1) is 15.2. The third-order valence-electron chi connectivity index (χ3n) is 6.02. The predicted molar refractivity (Wildman–Crippen MR) is 112 cm³/mol. The van der Waals surface area contributed by atoms with Gasteiger partial charge in [-0.2, -0.15) is 5.10 Å². The lowest BCUT2D eigenvalue weighted by atomic mass is 9.83. The van der Waals surface area contributed by atoms with Crippen molar-refractivity contribution in [1.29, 1.82) is 0 Å². The highest BCUT2D eigenvalue weighted by Gasteiger charge is 2.37. The molecule has 0 atom stereocenters. The molecule has 0 spiro atoms. The number of nitrogens with zero attached hydrogens (tertiary/aromatic N) is 3. The summed E-state index contributed by atoms with van der Waals surface area (Å²) in [6.45, 7) is 1.72. The molecule has 9 heteroatoms. The van der Waals surface area contributed by atoms with Crippen LogP contribution in [0.15, 0.2) is 36.7 Å². The van der Waals surface area contributed by atoms with Gasteiger partial charge in [-0.05, 0) is 44.0 Å². The van der Waals surface area contributed by atoms with Crippen molar-refractivity contribution in [2.24, 2.45) is 7.05 Å². The van der Waals surface area contributed by atoms with Gasteiger partial charge in [0.1, 0.15) is 11.6 Å². The number of benzene rings is 1. The Kier molecular flexibility index (Phi) is 5.75. The molecule has 1 aliphatic rings. The molecular formula is C23H22F4N4O. The summed E-state index contributed by atoms with van der Waals surface area (Å²) in [5, 5.41) is 6.84. The van der Waals surface area contributed by atoms with Crippen molar-refractivity contribution in [3.63, 3.8) is 0 Å². The van der Waals surface area contributed by atoms with Gasteiger partial charge in [-0.1, -0.05) is 0 Å². The number of alkyl halides is 2. The van der Waals surface area contributed by atoms with Crippen molar-refractivity contribution < 1.29 is 22.4 Å². The summed E-state index contributed by atoms with van der Waals surface area (Å²) in [5.41, 5.74) is 1.69. The Morgan fingerprint density at radius 3 is 2.53 bits per heavy atom. The number of nitrogens with one attached hydrogen (secondary N) is 1. The number of aromatic nitrogens is 3. The first kappa shape index (κ1) is 22.0. The zero-order valence-corrected chi connectivity index (χ0v) is 17.6. The molecule has 1 fully saturated rings. The largest absolute Gasteiger partial charge is 0.320 e. The van der Waals surface area contributed by atoms with Crippen molar-refractivity contribution in [2.75, 3.05) is 5.32 Å². The highest BCUT2D eigenvalue weighted by molar-refractivity contribution is 6.07. The number of amides is 1. The maximum Gasteiger partial charge on any atom is 0.259 e. The summed E-state index contributed by atoms with van der Waals surface area (Å²) < 4.78 is 57.5. The number of carbonyl (C=O) groups is 1. The van der Waals surface area contributed by atoms with E-state index in [1.165, 1.54) is 23.1 Å². The molecule has 1 N–H and O–H groups in total. The fourth-order valence-corrected chi connectivity index (χ4v) is 4.06. The molecule has 2 aromatic heterocycles. The molecule has 1 aromatic carbocycles. The highest BCUT2D eigenvalue weighted by atomic mass is 19.3. The Hall–Kier alpha value is -3.23. The van der Waals surface area contributed by atoms with Gasteiger partial charge in [-0.3, -0.25) is 14.5 Å². The molecule has 3 aromatic rings. The minimum Gasteiger partial charge on any atom is -0.320 e. The standard InChI is InChI=1S/C23H22F4N4O/c1-13-18(12-29-31(13)2)22(32)30-21-16(17-11-15(24)3-4-19(17)25)7-10-28-20(21)14-5-8-23(26,27)9-6-14/h3-4,7,10-12,14H,5-6,8-9H2,1-2H3,(H,30,32). The van der Waals surface area contributed by atoms with Gasteiger partial charge in [0, 0.05) is 48.8 Å². The number of hydrogen-bond acceptors (Lipinski definition) is 3. The van der Waals surface area contributed by atoms with Crippen molar-refractivity contribution >= 4 is 11.6 Å². The summed E-state index contributed by atoms with van der Waals surface area (Å²) in [6, 6.07) is 4.52. The zero-order chi connectivity index (χ0) is 23.0. The molecule has 1 amide bonds. The average Bonchev–Trinajstić information content (AvgIpc) is 3.09. The third kappa shape index (κ3) is 4.24. The Balaban J connectivity index is 1.81. The molecule has 0 bridgehead atoms. The van der Waals surface area contributed by atoms with Crippen LogP contribution >= 0.6 is 0 Å². The first-order valence-corrected chi connectivity index (χ1v) is 10.3. The van der Waals surface area contributed by atoms with Crippen LogP contribution in [-0.4, -0.2) is 26.6 Å². The van der Waals surface area contributed by atoms with Crippen molar-refractivity contribution in [1.82, 2.24) is 14.8 Å². The minimum atomic E-state index is -2.74. The molecule has 0 unspecified atom stereocenters. The number of halogens is 4. The number of pyridine rings is 1. The normalized spacial score (nSPS) is 16.2. The Morgan fingerprint density at radius 2 is 1.88 bits per heavy atom. The number of aryl methyl sites for hydroxylation is 1. The van der Waals surface area contributed by atoms with Gasteiger partial charge in [0.2, 0.25) is 5.92 Å². The second-order valence-electron chi connectivity index (χ2n) is 8.09. The van der Waals surface area contributed by atoms with Crippen molar-refractivity contribution in [3.05, 3.63) is 65.2 Å². The molecule has 0 radical (unpaired) electrons. The molecule has 0 aliphatic heterocycles. The maximum absolute atomic E-state index is 14.6. The molecule has 168 valence electrons. The van der Waals surface area contributed by atoms with E-state index in [1.54, 1.807) is 14.0 Å². The van der Waals surface area contributed by atoms with Gasteiger partial charge in [0.25, 0.3) is 5.91 Å². The SMILES string of the molecule is Cc1c(C(=O)Nc2c(-c3cc(F)ccc3F)ccnc2C2CCC(F)(F)CC2)cnn1C. The monoisotopic (exact) mass is 446 g/mol. The van der Waals surface area contributed by atoms with Crippen LogP contribution in [0.2, 0.25) is 0 Å². The van der Waals surface area contributed by atoms with Gasteiger partial charge in [0.15, 0.2) is 0 Å². The summed E-state index contributed by atoms with van der Waals surface area (Å²) in [6.07, 6.45) is 2.57. The Morgan fingerprint density at radius 1 is 1.16 bits per heavy atom. The van der Waals surface area contributed by atoms with Crippen LogP contribution in [0.1, 0.15) is 53.3 Å². The highest BCUT2D eigenvalue weighted by Crippen LogP contribution is 2.44. The van der Waals surface area contributed by atoms with Crippen LogP contribution in [0.5, 0.6) is 0 Å². The lowest BCUT2D eigenvalue weighted by molar-refractivity contribution is -0.0384. The second kappa shape index (κ2) is 8.37. The summed E-state index contributed by atoms with van der Waals surface area (Å²) in [4.78, 5) is 17.4. The van der Waals surface area contributed by atoms with E-state index in [2.05, 4.69) is 15.4 Å². The van der Waals surface area contributed by atoms with Crippen LogP contribution in [0, 0.1) is 18.6 Å². The van der Waals surface area contributed by atoms with E-state index in [0.29, 0.717) is 17.0 Å². The number of anilines is 1. The topological polar surface area (TPSA) is 59.8 Å². The lowest BCUT2D eigenvalue weighted by Gasteiger charge is -2.29. The molecule has 2 heterocycles. The summed E-state index contributed by atoms with van der Waals surface area (Å²) in [5.74, 6) is -4.90. The van der Waals surface area contributed by atoms with E-state index in [4.69, 9.17) is 0 Å². The van der Waals surface area contributed by atoms with Crippen LogP contribution in [0.3, 0.4) is 0 Å². The van der Waals surface area contributed by atoms with E-state index >= 15 is 0 Å². The third-order valence-corrected chi connectivity index (χ3v) is 6.02. The molecule has 32 heavy (non-hydrogen) atoms. The number of hydrogen-bond donors (Lipinski definition) is 1. The second-order valence-corrected chi connectivity index (χ2v) is 8.09. The first-order valence-electron chi connectivity index (χ1n) is 10.3. The molecule has 1 aliphatic carbocycles. The average molecular weight is 446 g/mol. The Labute approximate surface area is 182 Å². The predicted octanol–water partition coefficient (Wildman–Crippen LogP) is 5.61. The minimum absolute atomic E-state index is 0.0482. The van der Waals surface area contributed by atoms with Crippen molar-refractivity contribution in [3.8, 4) is 11.1 Å². The van der Waals surface area contributed by atoms with E-state index in [-0.39, 0.29) is 48.4 Å². The lowest BCUT2D eigenvalue weighted by Crippen LogP contribution is -2.25. The number of rotatable bonds is 4. The van der Waals surface area contributed by atoms with Crippen LogP contribution < -0.4 is 5.32 Å². The quantitative estimate of drug-likeness (QED) is 0.530. The maximum atomic E-state index is 14.6. The number of carbonyl (C=O) groups excluding carboxylic acids is 1. The summed E-state index contributed by atoms with van der Waals surface area (Å²) >= 11 is 0. The van der Waals surface area contributed by atoms with Crippen LogP contribution in [0.25, 0.3) is 11.1 Å². The fourth-order valence-electron chi connectivity index (χ4n) is 4.06. The zero-order valence-electron chi connectivity index (χ0n) is 17.6. The van der Waals surface area contributed by atoms with Gasteiger partial charge in [0.05, 0.1) is 23.1 Å². The molecule has 0 saturated heterocycles. The summed E-state index contributed by atoms with van der Waals surface area (Å²) in [7, 11) is 1.69. The van der Waals surface area contributed by atoms with Gasteiger partial charge < -0.3 is 5.32 Å². The van der Waals surface area contributed by atoms with Crippen molar-refractivity contribution in [2.45, 2.75) is 44.4 Å². The smallest absolute Gasteiger partial charge is 0.259 e.